The molecule has 1 aromatic heterocycles. The van der Waals surface area contributed by atoms with E-state index in [9.17, 15) is 18.0 Å². The minimum absolute atomic E-state index is 0.106. The zero-order valence-corrected chi connectivity index (χ0v) is 17.8. The first kappa shape index (κ1) is 23.3. The summed E-state index contributed by atoms with van der Waals surface area (Å²) in [7, 11) is 0. The highest BCUT2D eigenvalue weighted by Gasteiger charge is 2.33. The number of anilines is 2. The smallest absolute Gasteiger partial charge is 0.395 e. The van der Waals surface area contributed by atoms with Gasteiger partial charge in [0.15, 0.2) is 0 Å². The Kier molecular flexibility index (Phi) is 7.15. The largest absolute Gasteiger partial charge is 0.416 e. The van der Waals surface area contributed by atoms with Gasteiger partial charge in [-0.2, -0.15) is 13.2 Å². The molecule has 0 bridgehead atoms. The fraction of sp³-hybridized carbons (Fsp3) is 0.250. The minimum atomic E-state index is -4.43. The Morgan fingerprint density at radius 2 is 1.88 bits per heavy atom. The van der Waals surface area contributed by atoms with Crippen LogP contribution >= 0.6 is 0 Å². The van der Waals surface area contributed by atoms with E-state index in [1.807, 2.05) is 0 Å². The fourth-order valence-corrected chi connectivity index (χ4v) is 3.40. The molecular weight excluding hydrogens is 419 g/mol. The summed E-state index contributed by atoms with van der Waals surface area (Å²) < 4.78 is 40.4. The molecule has 2 aromatic carbocycles. The molecule has 32 heavy (non-hydrogen) atoms. The maximum atomic E-state index is 13.5. The SMILES string of the molecule is Cc1ccc(Cc2ccnc(Nc3cccc(C(=O)NCCO)c3C)c2)c(C(F)(F)F)c1. The summed E-state index contributed by atoms with van der Waals surface area (Å²) >= 11 is 0. The molecular formula is C24H24F3N3O2. The minimum Gasteiger partial charge on any atom is -0.395 e. The molecule has 0 radical (unpaired) electrons. The lowest BCUT2D eigenvalue weighted by Crippen LogP contribution is -2.27. The Labute approximate surface area is 184 Å². The van der Waals surface area contributed by atoms with Crippen molar-refractivity contribution < 1.29 is 23.1 Å². The van der Waals surface area contributed by atoms with Crippen molar-refractivity contribution >= 4 is 17.4 Å². The average molecular weight is 443 g/mol. The van der Waals surface area contributed by atoms with Crippen LogP contribution in [0.4, 0.5) is 24.7 Å². The predicted molar refractivity (Wildman–Crippen MR) is 117 cm³/mol. The number of nitrogens with one attached hydrogen (secondary N) is 2. The first-order chi connectivity index (χ1) is 15.2. The van der Waals surface area contributed by atoms with Gasteiger partial charge in [0, 0.05) is 24.0 Å². The first-order valence-corrected chi connectivity index (χ1v) is 10.1. The number of aryl methyl sites for hydroxylation is 1. The van der Waals surface area contributed by atoms with E-state index < -0.39 is 11.7 Å². The molecule has 0 aliphatic rings. The third-order valence-electron chi connectivity index (χ3n) is 5.03. The zero-order chi connectivity index (χ0) is 23.3. The number of alkyl halides is 3. The molecule has 3 N–H and O–H groups in total. The summed E-state index contributed by atoms with van der Waals surface area (Å²) in [6.45, 7) is 3.41. The summed E-state index contributed by atoms with van der Waals surface area (Å²) in [4.78, 5) is 16.5. The summed E-state index contributed by atoms with van der Waals surface area (Å²) in [5.74, 6) is 0.153. The second-order valence-electron chi connectivity index (χ2n) is 7.47. The van der Waals surface area contributed by atoms with Crippen LogP contribution < -0.4 is 10.6 Å². The monoisotopic (exact) mass is 443 g/mol. The molecule has 0 saturated carbocycles. The molecule has 0 aliphatic heterocycles. The van der Waals surface area contributed by atoms with Crippen molar-refractivity contribution in [1.29, 1.82) is 0 Å². The number of hydrogen-bond donors (Lipinski definition) is 3. The van der Waals surface area contributed by atoms with Crippen molar-refractivity contribution in [2.75, 3.05) is 18.5 Å². The number of aromatic nitrogens is 1. The highest BCUT2D eigenvalue weighted by molar-refractivity contribution is 5.97. The molecule has 0 unspecified atom stereocenters. The van der Waals surface area contributed by atoms with Crippen LogP contribution in [0.15, 0.2) is 54.7 Å². The van der Waals surface area contributed by atoms with Gasteiger partial charge >= 0.3 is 6.18 Å². The van der Waals surface area contributed by atoms with E-state index in [0.29, 0.717) is 33.8 Å². The number of aliphatic hydroxyl groups is 1. The molecule has 1 amide bonds. The normalized spacial score (nSPS) is 11.3. The van der Waals surface area contributed by atoms with Gasteiger partial charge in [0.1, 0.15) is 5.82 Å². The summed E-state index contributed by atoms with van der Waals surface area (Å²) in [6.07, 6.45) is -2.79. The Morgan fingerprint density at radius 3 is 2.59 bits per heavy atom. The van der Waals surface area contributed by atoms with E-state index in [-0.39, 0.29) is 31.0 Å². The van der Waals surface area contributed by atoms with Gasteiger partial charge < -0.3 is 15.7 Å². The topological polar surface area (TPSA) is 74.2 Å². The van der Waals surface area contributed by atoms with E-state index in [1.165, 1.54) is 12.3 Å². The molecule has 5 nitrogen and oxygen atoms in total. The van der Waals surface area contributed by atoms with Crippen LogP contribution in [0.2, 0.25) is 0 Å². The van der Waals surface area contributed by atoms with Crippen LogP contribution in [0, 0.1) is 13.8 Å². The van der Waals surface area contributed by atoms with E-state index in [4.69, 9.17) is 5.11 Å². The number of hydrogen-bond acceptors (Lipinski definition) is 4. The highest BCUT2D eigenvalue weighted by atomic mass is 19.4. The van der Waals surface area contributed by atoms with Crippen molar-refractivity contribution in [2.45, 2.75) is 26.4 Å². The molecule has 0 saturated heterocycles. The predicted octanol–water partition coefficient (Wildman–Crippen LogP) is 4.77. The van der Waals surface area contributed by atoms with E-state index in [2.05, 4.69) is 15.6 Å². The third kappa shape index (κ3) is 5.64. The Balaban J connectivity index is 1.84. The van der Waals surface area contributed by atoms with Crippen LogP contribution in [0.5, 0.6) is 0 Å². The number of carbonyl (C=O) groups is 1. The number of carbonyl (C=O) groups excluding carboxylic acids is 1. The Morgan fingerprint density at radius 1 is 1.09 bits per heavy atom. The first-order valence-electron chi connectivity index (χ1n) is 10.1. The highest BCUT2D eigenvalue weighted by Crippen LogP contribution is 2.34. The number of halogens is 3. The standard InChI is InChI=1S/C24H24F3N3O2/c1-15-6-7-18(20(12-15)24(25,26)27)13-17-8-9-28-22(14-17)30-21-5-3-4-19(16(21)2)23(32)29-10-11-31/h3-9,12,14,31H,10-11,13H2,1-2H3,(H,28,30)(H,29,32). The molecule has 0 fully saturated rings. The lowest BCUT2D eigenvalue weighted by Gasteiger charge is -2.15. The molecule has 0 aliphatic carbocycles. The fourth-order valence-electron chi connectivity index (χ4n) is 3.40. The zero-order valence-electron chi connectivity index (χ0n) is 17.8. The molecule has 3 aromatic rings. The van der Waals surface area contributed by atoms with Crippen LogP contribution in [0.25, 0.3) is 0 Å². The summed E-state index contributed by atoms with van der Waals surface area (Å²) in [6, 6.07) is 12.9. The van der Waals surface area contributed by atoms with Crippen LogP contribution in [-0.4, -0.2) is 29.1 Å². The van der Waals surface area contributed by atoms with Crippen LogP contribution in [-0.2, 0) is 12.6 Å². The van der Waals surface area contributed by atoms with Crippen molar-refractivity contribution in [1.82, 2.24) is 10.3 Å². The summed E-state index contributed by atoms with van der Waals surface area (Å²) in [5.41, 5.74) is 2.57. The van der Waals surface area contributed by atoms with Gasteiger partial charge in [0.05, 0.1) is 12.2 Å². The van der Waals surface area contributed by atoms with E-state index in [0.717, 1.165) is 6.07 Å². The van der Waals surface area contributed by atoms with Gasteiger partial charge in [-0.1, -0.05) is 23.8 Å². The molecule has 168 valence electrons. The second-order valence-corrected chi connectivity index (χ2v) is 7.47. The van der Waals surface area contributed by atoms with Crippen LogP contribution in [0.3, 0.4) is 0 Å². The van der Waals surface area contributed by atoms with Gasteiger partial charge in [-0.15, -0.1) is 0 Å². The molecule has 3 rings (SSSR count). The average Bonchev–Trinajstić information content (AvgIpc) is 2.74. The van der Waals surface area contributed by atoms with Crippen LogP contribution in [0.1, 0.15) is 38.2 Å². The number of rotatable bonds is 7. The van der Waals surface area contributed by atoms with Crippen molar-refractivity contribution in [3.8, 4) is 0 Å². The quantitative estimate of drug-likeness (QED) is 0.492. The lowest BCUT2D eigenvalue weighted by molar-refractivity contribution is -0.138. The second kappa shape index (κ2) is 9.82. The number of amides is 1. The van der Waals surface area contributed by atoms with Crippen molar-refractivity contribution in [3.63, 3.8) is 0 Å². The van der Waals surface area contributed by atoms with E-state index in [1.54, 1.807) is 50.2 Å². The van der Waals surface area contributed by atoms with Crippen molar-refractivity contribution in [3.05, 3.63) is 88.1 Å². The molecule has 8 heteroatoms. The maximum Gasteiger partial charge on any atom is 0.416 e. The third-order valence-corrected chi connectivity index (χ3v) is 5.03. The van der Waals surface area contributed by atoms with Crippen molar-refractivity contribution in [2.24, 2.45) is 0 Å². The maximum absolute atomic E-state index is 13.5. The molecule has 0 atom stereocenters. The number of aliphatic hydroxyl groups excluding tert-OH is 1. The molecule has 0 spiro atoms. The summed E-state index contributed by atoms with van der Waals surface area (Å²) in [5, 5.41) is 14.6. The Hall–Kier alpha value is -3.39. The Bertz CT molecular complexity index is 1110. The van der Waals surface area contributed by atoms with Gasteiger partial charge in [-0.3, -0.25) is 4.79 Å². The van der Waals surface area contributed by atoms with Gasteiger partial charge in [-0.05, 0) is 67.3 Å². The van der Waals surface area contributed by atoms with Gasteiger partial charge in [0.25, 0.3) is 5.91 Å². The lowest BCUT2D eigenvalue weighted by atomic mass is 9.98. The number of nitrogens with zero attached hydrogens (tertiary/aromatic N) is 1. The van der Waals surface area contributed by atoms with Gasteiger partial charge in [-0.25, -0.2) is 4.98 Å². The molecule has 1 heterocycles. The van der Waals surface area contributed by atoms with Gasteiger partial charge in [0.2, 0.25) is 0 Å². The van der Waals surface area contributed by atoms with E-state index >= 15 is 0 Å². The number of benzene rings is 2. The number of pyridine rings is 1.